The normalized spacial score (nSPS) is 17.9. The molecule has 2 aromatic rings. The van der Waals surface area contributed by atoms with Gasteiger partial charge >= 0.3 is 0 Å². The second-order valence-electron chi connectivity index (χ2n) is 6.49. The minimum Gasteiger partial charge on any atom is -0.336 e. The summed E-state index contributed by atoms with van der Waals surface area (Å²) in [4.78, 5) is 28.6. The molecule has 4 heteroatoms. The molecule has 2 amide bonds. The highest BCUT2D eigenvalue weighted by molar-refractivity contribution is 5.98. The number of benzene rings is 2. The van der Waals surface area contributed by atoms with E-state index in [1.807, 2.05) is 59.5 Å². The summed E-state index contributed by atoms with van der Waals surface area (Å²) in [5.74, 6) is 0.0212. The van der Waals surface area contributed by atoms with Gasteiger partial charge in [-0.25, -0.2) is 0 Å². The maximum absolute atomic E-state index is 12.8. The van der Waals surface area contributed by atoms with Crippen molar-refractivity contribution >= 4 is 11.8 Å². The molecule has 1 aliphatic carbocycles. The van der Waals surface area contributed by atoms with Gasteiger partial charge in [-0.05, 0) is 36.1 Å². The van der Waals surface area contributed by atoms with Gasteiger partial charge in [0.15, 0.2) is 0 Å². The van der Waals surface area contributed by atoms with Crippen LogP contribution in [0.4, 0.5) is 0 Å². The minimum atomic E-state index is -0.0587. The third-order valence-corrected chi connectivity index (χ3v) is 4.75. The maximum Gasteiger partial charge on any atom is 0.254 e. The molecule has 2 aromatic carbocycles. The Morgan fingerprint density at radius 2 is 1.67 bits per heavy atom. The van der Waals surface area contributed by atoms with Crippen LogP contribution in [-0.2, 0) is 4.79 Å². The Morgan fingerprint density at radius 3 is 2.38 bits per heavy atom. The van der Waals surface area contributed by atoms with Crippen LogP contribution in [0.1, 0.15) is 23.2 Å². The summed E-state index contributed by atoms with van der Waals surface area (Å²) in [7, 11) is 0. The molecule has 0 atom stereocenters. The SMILES string of the molecule is O=C(c1cccc(-c2ccccc2)c1)N1CCN(C2CC2)C(=O)C1. The lowest BCUT2D eigenvalue weighted by atomic mass is 10.0. The minimum absolute atomic E-state index is 0.0587. The third-order valence-electron chi connectivity index (χ3n) is 4.75. The standard InChI is InChI=1S/C20H20N2O2/c23-19-14-21(11-12-22(19)18-9-10-18)20(24)17-8-4-7-16(13-17)15-5-2-1-3-6-15/h1-8,13,18H,9-12,14H2. The first-order valence-corrected chi connectivity index (χ1v) is 8.46. The third kappa shape index (κ3) is 2.92. The lowest BCUT2D eigenvalue weighted by Crippen LogP contribution is -2.52. The lowest BCUT2D eigenvalue weighted by Gasteiger charge is -2.34. The van der Waals surface area contributed by atoms with E-state index in [-0.39, 0.29) is 18.4 Å². The zero-order valence-electron chi connectivity index (χ0n) is 13.5. The van der Waals surface area contributed by atoms with Crippen LogP contribution in [-0.4, -0.2) is 47.3 Å². The fraction of sp³-hybridized carbons (Fsp3) is 0.300. The average Bonchev–Trinajstić information content (AvgIpc) is 3.47. The molecule has 122 valence electrons. The number of hydrogen-bond acceptors (Lipinski definition) is 2. The van der Waals surface area contributed by atoms with E-state index in [1.54, 1.807) is 4.90 Å². The summed E-state index contributed by atoms with van der Waals surface area (Å²) in [5, 5.41) is 0. The van der Waals surface area contributed by atoms with Crippen molar-refractivity contribution in [3.05, 3.63) is 60.2 Å². The summed E-state index contributed by atoms with van der Waals surface area (Å²) in [5.41, 5.74) is 2.75. The summed E-state index contributed by atoms with van der Waals surface area (Å²) < 4.78 is 0. The highest BCUT2D eigenvalue weighted by atomic mass is 16.2. The molecule has 0 unspecified atom stereocenters. The fourth-order valence-corrected chi connectivity index (χ4v) is 3.28. The summed E-state index contributed by atoms with van der Waals surface area (Å²) in [6, 6.07) is 18.1. The Labute approximate surface area is 141 Å². The van der Waals surface area contributed by atoms with Crippen LogP contribution >= 0.6 is 0 Å². The maximum atomic E-state index is 12.8. The summed E-state index contributed by atoms with van der Waals surface area (Å²) in [6.07, 6.45) is 2.22. The highest BCUT2D eigenvalue weighted by Gasteiger charge is 2.36. The summed E-state index contributed by atoms with van der Waals surface area (Å²) >= 11 is 0. The van der Waals surface area contributed by atoms with Crippen molar-refractivity contribution in [3.63, 3.8) is 0 Å². The van der Waals surface area contributed by atoms with Gasteiger partial charge < -0.3 is 9.80 Å². The van der Waals surface area contributed by atoms with Gasteiger partial charge in [-0.15, -0.1) is 0 Å². The van der Waals surface area contributed by atoms with Crippen molar-refractivity contribution in [1.82, 2.24) is 9.80 Å². The van der Waals surface area contributed by atoms with Gasteiger partial charge in [0, 0.05) is 24.7 Å². The number of piperazine rings is 1. The van der Waals surface area contributed by atoms with E-state index in [0.29, 0.717) is 24.7 Å². The van der Waals surface area contributed by atoms with Gasteiger partial charge in [-0.3, -0.25) is 9.59 Å². The van der Waals surface area contributed by atoms with E-state index in [0.717, 1.165) is 24.0 Å². The number of hydrogen-bond donors (Lipinski definition) is 0. The van der Waals surface area contributed by atoms with Gasteiger partial charge in [-0.1, -0.05) is 42.5 Å². The van der Waals surface area contributed by atoms with E-state index in [2.05, 4.69) is 0 Å². The lowest BCUT2D eigenvalue weighted by molar-refractivity contribution is -0.135. The molecular formula is C20H20N2O2. The van der Waals surface area contributed by atoms with Crippen molar-refractivity contribution in [2.45, 2.75) is 18.9 Å². The fourth-order valence-electron chi connectivity index (χ4n) is 3.28. The van der Waals surface area contributed by atoms with Gasteiger partial charge in [0.2, 0.25) is 5.91 Å². The van der Waals surface area contributed by atoms with Gasteiger partial charge in [0.1, 0.15) is 6.54 Å². The number of rotatable bonds is 3. The topological polar surface area (TPSA) is 40.6 Å². The van der Waals surface area contributed by atoms with E-state index in [9.17, 15) is 9.59 Å². The van der Waals surface area contributed by atoms with Crippen molar-refractivity contribution < 1.29 is 9.59 Å². The number of amides is 2. The van der Waals surface area contributed by atoms with E-state index >= 15 is 0 Å². The molecule has 1 heterocycles. The van der Waals surface area contributed by atoms with Crippen molar-refractivity contribution in [1.29, 1.82) is 0 Å². The van der Waals surface area contributed by atoms with Crippen LogP contribution < -0.4 is 0 Å². The van der Waals surface area contributed by atoms with Crippen LogP contribution in [0.5, 0.6) is 0 Å². The molecule has 1 saturated carbocycles. The molecule has 2 aliphatic rings. The largest absolute Gasteiger partial charge is 0.336 e. The second kappa shape index (κ2) is 6.11. The van der Waals surface area contributed by atoms with Crippen molar-refractivity contribution in [2.75, 3.05) is 19.6 Å². The number of carbonyl (C=O) groups is 2. The smallest absolute Gasteiger partial charge is 0.254 e. The predicted molar refractivity (Wildman–Crippen MR) is 92.5 cm³/mol. The van der Waals surface area contributed by atoms with Gasteiger partial charge in [0.25, 0.3) is 5.91 Å². The Hall–Kier alpha value is -2.62. The Morgan fingerprint density at radius 1 is 0.917 bits per heavy atom. The van der Waals surface area contributed by atoms with Crippen LogP contribution in [0.25, 0.3) is 11.1 Å². The highest BCUT2D eigenvalue weighted by Crippen LogP contribution is 2.28. The number of carbonyl (C=O) groups excluding carboxylic acids is 2. The molecule has 0 bridgehead atoms. The van der Waals surface area contributed by atoms with Crippen LogP contribution in [0.15, 0.2) is 54.6 Å². The van der Waals surface area contributed by atoms with Gasteiger partial charge in [-0.2, -0.15) is 0 Å². The molecule has 1 aliphatic heterocycles. The predicted octanol–water partition coefficient (Wildman–Crippen LogP) is 2.80. The van der Waals surface area contributed by atoms with Gasteiger partial charge in [0.05, 0.1) is 0 Å². The Bertz CT molecular complexity index is 768. The Balaban J connectivity index is 1.51. The molecule has 1 saturated heterocycles. The first-order valence-electron chi connectivity index (χ1n) is 8.46. The zero-order chi connectivity index (χ0) is 16.5. The summed E-state index contributed by atoms with van der Waals surface area (Å²) in [6.45, 7) is 1.48. The van der Waals surface area contributed by atoms with Crippen LogP contribution in [0.2, 0.25) is 0 Å². The van der Waals surface area contributed by atoms with Crippen molar-refractivity contribution in [2.24, 2.45) is 0 Å². The molecule has 0 N–H and O–H groups in total. The monoisotopic (exact) mass is 320 g/mol. The molecule has 4 rings (SSSR count). The molecule has 0 radical (unpaired) electrons. The number of nitrogens with zero attached hydrogens (tertiary/aromatic N) is 2. The molecule has 0 aromatic heterocycles. The molecule has 4 nitrogen and oxygen atoms in total. The Kier molecular flexibility index (Phi) is 3.81. The molecule has 0 spiro atoms. The first kappa shape index (κ1) is 14.9. The quantitative estimate of drug-likeness (QED) is 0.872. The molecule has 2 fully saturated rings. The van der Waals surface area contributed by atoms with E-state index < -0.39 is 0 Å². The van der Waals surface area contributed by atoms with Crippen molar-refractivity contribution in [3.8, 4) is 11.1 Å². The van der Waals surface area contributed by atoms with Crippen LogP contribution in [0, 0.1) is 0 Å². The zero-order valence-corrected chi connectivity index (χ0v) is 13.5. The van der Waals surface area contributed by atoms with E-state index in [4.69, 9.17) is 0 Å². The molecule has 24 heavy (non-hydrogen) atoms. The second-order valence-corrected chi connectivity index (χ2v) is 6.49. The molecular weight excluding hydrogens is 300 g/mol. The van der Waals surface area contributed by atoms with Crippen LogP contribution in [0.3, 0.4) is 0 Å². The average molecular weight is 320 g/mol. The van der Waals surface area contributed by atoms with E-state index in [1.165, 1.54) is 0 Å². The first-order chi connectivity index (χ1) is 11.7.